The molecule has 0 atom stereocenters. The second-order valence-corrected chi connectivity index (χ2v) is 6.70. The smallest absolute Gasteiger partial charge is 0.372 e. The summed E-state index contributed by atoms with van der Waals surface area (Å²) < 4.78 is 29.8. The van der Waals surface area contributed by atoms with Crippen molar-refractivity contribution >= 4 is 31.7 Å². The van der Waals surface area contributed by atoms with Gasteiger partial charge in [-0.2, -0.15) is 0 Å². The van der Waals surface area contributed by atoms with Crippen molar-refractivity contribution in [1.29, 1.82) is 0 Å². The van der Waals surface area contributed by atoms with Gasteiger partial charge in [-0.3, -0.25) is 0 Å². The van der Waals surface area contributed by atoms with E-state index in [4.69, 9.17) is 9.52 Å². The molecule has 0 radical (unpaired) electrons. The highest BCUT2D eigenvalue weighted by Gasteiger charge is 2.21. The molecule has 0 saturated carbocycles. The Morgan fingerprint density at radius 2 is 1.84 bits per heavy atom. The van der Waals surface area contributed by atoms with Gasteiger partial charge in [0.1, 0.15) is 0 Å². The van der Waals surface area contributed by atoms with Crippen LogP contribution in [0, 0.1) is 0 Å². The van der Waals surface area contributed by atoms with Crippen molar-refractivity contribution in [2.45, 2.75) is 10.6 Å². The average molecular weight is 345 g/mol. The first-order chi connectivity index (χ1) is 8.90. The molecule has 0 spiro atoms. The molecular formula is C12H9BrO5S. The van der Waals surface area contributed by atoms with Gasteiger partial charge in [0.2, 0.25) is 5.76 Å². The first kappa shape index (κ1) is 13.8. The van der Waals surface area contributed by atoms with E-state index in [2.05, 4.69) is 15.9 Å². The summed E-state index contributed by atoms with van der Waals surface area (Å²) in [5.74, 6) is -2.04. The lowest BCUT2D eigenvalue weighted by atomic mass is 10.3. The number of carbonyl (C=O) groups is 1. The van der Waals surface area contributed by atoms with Gasteiger partial charge >= 0.3 is 5.97 Å². The molecular weight excluding hydrogens is 336 g/mol. The maximum Gasteiger partial charge on any atom is 0.372 e. The van der Waals surface area contributed by atoms with Gasteiger partial charge in [-0.05, 0) is 30.3 Å². The molecule has 0 amide bonds. The van der Waals surface area contributed by atoms with Gasteiger partial charge in [-0.1, -0.05) is 15.9 Å². The average Bonchev–Trinajstić information content (AvgIpc) is 2.77. The maximum absolute atomic E-state index is 12.1. The lowest BCUT2D eigenvalue weighted by Gasteiger charge is -2.03. The fourth-order valence-corrected chi connectivity index (χ4v) is 3.19. The summed E-state index contributed by atoms with van der Waals surface area (Å²) in [5.41, 5.74) is 0.135. The van der Waals surface area contributed by atoms with Crippen LogP contribution in [0.3, 0.4) is 0 Å². The fraction of sp³-hybridized carbons (Fsp3) is 0.0833. The van der Waals surface area contributed by atoms with E-state index in [9.17, 15) is 13.2 Å². The van der Waals surface area contributed by atoms with E-state index in [1.165, 1.54) is 18.2 Å². The second kappa shape index (κ2) is 5.18. The number of furan rings is 1. The minimum Gasteiger partial charge on any atom is -0.475 e. The Labute approximate surface area is 117 Å². The first-order valence-electron chi connectivity index (χ1n) is 5.18. The summed E-state index contributed by atoms with van der Waals surface area (Å²) in [4.78, 5) is 11.0. The lowest BCUT2D eigenvalue weighted by molar-refractivity contribution is 0.0661. The van der Waals surface area contributed by atoms with Gasteiger partial charge in [0, 0.05) is 10.0 Å². The molecule has 0 aliphatic carbocycles. The van der Waals surface area contributed by atoms with Crippen molar-refractivity contribution in [1.82, 2.24) is 0 Å². The number of aromatic carboxylic acids is 1. The highest BCUT2D eigenvalue weighted by molar-refractivity contribution is 9.10. The molecule has 5 nitrogen and oxygen atoms in total. The van der Waals surface area contributed by atoms with Gasteiger partial charge in [0.05, 0.1) is 16.9 Å². The Bertz CT molecular complexity index is 700. The highest BCUT2D eigenvalue weighted by atomic mass is 79.9. The molecule has 1 aromatic carbocycles. The largest absolute Gasteiger partial charge is 0.475 e. The topological polar surface area (TPSA) is 84.6 Å². The van der Waals surface area contributed by atoms with Crippen molar-refractivity contribution in [3.05, 3.63) is 52.4 Å². The van der Waals surface area contributed by atoms with Crippen LogP contribution >= 0.6 is 15.9 Å². The van der Waals surface area contributed by atoms with Crippen LogP contribution in [-0.4, -0.2) is 19.5 Å². The van der Waals surface area contributed by atoms with Crippen LogP contribution in [0.2, 0.25) is 0 Å². The third-order valence-corrected chi connectivity index (χ3v) is 4.67. The number of benzene rings is 1. The van der Waals surface area contributed by atoms with Gasteiger partial charge in [0.25, 0.3) is 0 Å². The number of hydrogen-bond acceptors (Lipinski definition) is 4. The molecule has 2 aromatic rings. The Morgan fingerprint density at radius 3 is 2.42 bits per heavy atom. The molecule has 0 unspecified atom stereocenters. The van der Waals surface area contributed by atoms with Crippen molar-refractivity contribution in [2.24, 2.45) is 0 Å². The van der Waals surface area contributed by atoms with Gasteiger partial charge in [-0.15, -0.1) is 0 Å². The number of hydrogen-bond donors (Lipinski definition) is 1. The number of carboxylic acids is 1. The van der Waals surface area contributed by atoms with E-state index in [0.29, 0.717) is 0 Å². The van der Waals surface area contributed by atoms with Crippen molar-refractivity contribution in [2.75, 3.05) is 0 Å². The normalized spacial score (nSPS) is 11.4. The first-order valence-corrected chi connectivity index (χ1v) is 7.62. The molecule has 100 valence electrons. The standard InChI is InChI=1S/C12H9BrO5S/c13-9-1-3-10(4-2-9)19(16,17)7-8-5-6-18-11(8)12(14)15/h1-6H,7H2,(H,14,15). The second-order valence-electron chi connectivity index (χ2n) is 3.79. The molecule has 0 aliphatic rings. The van der Waals surface area contributed by atoms with Crippen molar-refractivity contribution in [3.8, 4) is 0 Å². The van der Waals surface area contributed by atoms with Crippen LogP contribution in [-0.2, 0) is 15.6 Å². The molecule has 0 aliphatic heterocycles. The third-order valence-electron chi connectivity index (χ3n) is 2.46. The monoisotopic (exact) mass is 344 g/mol. The van der Waals surface area contributed by atoms with Crippen molar-refractivity contribution < 1.29 is 22.7 Å². The number of halogens is 1. The third kappa shape index (κ3) is 3.05. The number of rotatable bonds is 4. The zero-order valence-corrected chi connectivity index (χ0v) is 11.9. The van der Waals surface area contributed by atoms with E-state index in [1.807, 2.05) is 0 Å². The van der Waals surface area contributed by atoms with Crippen LogP contribution in [0.25, 0.3) is 0 Å². The minimum absolute atomic E-state index is 0.133. The zero-order chi connectivity index (χ0) is 14.0. The summed E-state index contributed by atoms with van der Waals surface area (Å²) in [5, 5.41) is 8.86. The predicted octanol–water partition coefficient (Wildman–Crippen LogP) is 2.71. The van der Waals surface area contributed by atoms with E-state index >= 15 is 0 Å². The molecule has 1 heterocycles. The van der Waals surface area contributed by atoms with Gasteiger partial charge in [0.15, 0.2) is 9.84 Å². The van der Waals surface area contributed by atoms with Crippen LogP contribution in [0.15, 0.2) is 50.4 Å². The molecule has 2 rings (SSSR count). The van der Waals surface area contributed by atoms with Gasteiger partial charge in [-0.25, -0.2) is 13.2 Å². The molecule has 0 bridgehead atoms. The van der Waals surface area contributed by atoms with Crippen molar-refractivity contribution in [3.63, 3.8) is 0 Å². The summed E-state index contributed by atoms with van der Waals surface area (Å²) in [7, 11) is -3.60. The minimum atomic E-state index is -3.60. The predicted molar refractivity (Wildman–Crippen MR) is 70.7 cm³/mol. The summed E-state index contributed by atoms with van der Waals surface area (Å²) in [6, 6.07) is 7.49. The Kier molecular flexibility index (Phi) is 3.77. The lowest BCUT2D eigenvalue weighted by Crippen LogP contribution is -2.07. The zero-order valence-electron chi connectivity index (χ0n) is 9.54. The maximum atomic E-state index is 12.1. The molecule has 0 fully saturated rings. The Balaban J connectivity index is 2.34. The molecule has 0 saturated heterocycles. The van der Waals surface area contributed by atoms with E-state index in [0.717, 1.165) is 10.7 Å². The van der Waals surface area contributed by atoms with Crippen LogP contribution in [0.5, 0.6) is 0 Å². The highest BCUT2D eigenvalue weighted by Crippen LogP contribution is 2.21. The van der Waals surface area contributed by atoms with Crippen LogP contribution in [0.4, 0.5) is 0 Å². The van der Waals surface area contributed by atoms with E-state index in [1.54, 1.807) is 12.1 Å². The molecule has 7 heteroatoms. The Hall–Kier alpha value is -1.60. The fourth-order valence-electron chi connectivity index (χ4n) is 1.57. The van der Waals surface area contributed by atoms with Crippen LogP contribution in [0.1, 0.15) is 16.1 Å². The Morgan fingerprint density at radius 1 is 1.21 bits per heavy atom. The molecule has 1 N–H and O–H groups in total. The quantitative estimate of drug-likeness (QED) is 0.921. The number of sulfone groups is 1. The number of carboxylic acid groups (broad SMARTS) is 1. The molecule has 1 aromatic heterocycles. The summed E-state index contributed by atoms with van der Waals surface area (Å²) in [6.45, 7) is 0. The summed E-state index contributed by atoms with van der Waals surface area (Å²) >= 11 is 3.22. The van der Waals surface area contributed by atoms with Gasteiger partial charge < -0.3 is 9.52 Å². The SMILES string of the molecule is O=C(O)c1occc1CS(=O)(=O)c1ccc(Br)cc1. The summed E-state index contributed by atoms with van der Waals surface area (Å²) in [6.07, 6.45) is 1.16. The van der Waals surface area contributed by atoms with E-state index in [-0.39, 0.29) is 16.2 Å². The molecule has 19 heavy (non-hydrogen) atoms. The van der Waals surface area contributed by atoms with Crippen LogP contribution < -0.4 is 0 Å². The van der Waals surface area contributed by atoms with E-state index < -0.39 is 21.6 Å².